The second kappa shape index (κ2) is 4.37. The van der Waals surface area contributed by atoms with Crippen LogP contribution in [-0.4, -0.2) is 13.8 Å². The molecular formula is C16H18OSi. The van der Waals surface area contributed by atoms with Gasteiger partial charge in [0.1, 0.15) is 14.2 Å². The number of rotatable bonds is 3. The van der Waals surface area contributed by atoms with Crippen LogP contribution in [0.2, 0.25) is 13.1 Å². The Labute approximate surface area is 109 Å². The summed E-state index contributed by atoms with van der Waals surface area (Å²) < 4.78 is 5.98. The van der Waals surface area contributed by atoms with Gasteiger partial charge in [0, 0.05) is 0 Å². The standard InChI is InChI=1S/C16H18OSi/c1-18(2,14-11-7-4-8-12-14)16-15(17-16)13-9-5-3-6-10-13/h3-12,15-16H,1-2H3/t15-,16+/m1/s1. The molecule has 2 aromatic rings. The van der Waals surface area contributed by atoms with E-state index in [1.54, 1.807) is 0 Å². The van der Waals surface area contributed by atoms with Crippen LogP contribution in [0.5, 0.6) is 0 Å². The second-order valence-electron chi connectivity index (χ2n) is 5.48. The average molecular weight is 254 g/mol. The van der Waals surface area contributed by atoms with E-state index < -0.39 is 8.07 Å². The number of hydrogen-bond acceptors (Lipinski definition) is 1. The summed E-state index contributed by atoms with van der Waals surface area (Å²) in [5, 5.41) is 1.48. The van der Waals surface area contributed by atoms with Crippen molar-refractivity contribution in [1.29, 1.82) is 0 Å². The van der Waals surface area contributed by atoms with Gasteiger partial charge < -0.3 is 4.74 Å². The summed E-state index contributed by atoms with van der Waals surface area (Å²) >= 11 is 0. The molecule has 0 aromatic heterocycles. The summed E-state index contributed by atoms with van der Waals surface area (Å²) in [7, 11) is -1.51. The first-order valence-corrected chi connectivity index (χ1v) is 9.53. The van der Waals surface area contributed by atoms with Crippen LogP contribution in [0.25, 0.3) is 0 Å². The van der Waals surface area contributed by atoms with Crippen LogP contribution in [0.3, 0.4) is 0 Å². The first-order chi connectivity index (χ1) is 8.69. The molecule has 0 spiro atoms. The van der Waals surface area contributed by atoms with E-state index in [4.69, 9.17) is 4.74 Å². The van der Waals surface area contributed by atoms with E-state index >= 15 is 0 Å². The third-order valence-corrected chi connectivity index (χ3v) is 7.53. The molecule has 2 atom stereocenters. The molecule has 0 unspecified atom stereocenters. The summed E-state index contributed by atoms with van der Waals surface area (Å²) in [5.74, 6) is 0. The van der Waals surface area contributed by atoms with E-state index in [1.807, 2.05) is 0 Å². The fourth-order valence-electron chi connectivity index (χ4n) is 2.59. The summed E-state index contributed by atoms with van der Waals surface area (Å²) in [6, 6.07) is 21.4. The minimum absolute atomic E-state index is 0.313. The first-order valence-electron chi connectivity index (χ1n) is 6.45. The maximum Gasteiger partial charge on any atom is 0.117 e. The summed E-state index contributed by atoms with van der Waals surface area (Å²) in [6.07, 6.45) is 0.313. The summed E-state index contributed by atoms with van der Waals surface area (Å²) in [6.45, 7) is 4.80. The smallest absolute Gasteiger partial charge is 0.117 e. The molecule has 1 nitrogen and oxygen atoms in total. The Bertz CT molecular complexity index is 521. The van der Waals surface area contributed by atoms with Crippen LogP contribution in [0, 0.1) is 0 Å². The van der Waals surface area contributed by atoms with Gasteiger partial charge >= 0.3 is 0 Å². The van der Waals surface area contributed by atoms with Gasteiger partial charge in [-0.15, -0.1) is 0 Å². The van der Waals surface area contributed by atoms with Crippen LogP contribution in [-0.2, 0) is 4.74 Å². The Hall–Kier alpha value is -1.38. The highest BCUT2D eigenvalue weighted by atomic mass is 28.3. The Morgan fingerprint density at radius 1 is 0.833 bits per heavy atom. The van der Waals surface area contributed by atoms with Gasteiger partial charge in [0.15, 0.2) is 0 Å². The van der Waals surface area contributed by atoms with Crippen LogP contribution >= 0.6 is 0 Å². The SMILES string of the molecule is C[Si](C)(c1ccccc1)[C@@H]1O[C@@H]1c1ccccc1. The average Bonchev–Trinajstić information content (AvgIpc) is 3.22. The van der Waals surface area contributed by atoms with Gasteiger partial charge in [0.2, 0.25) is 0 Å². The van der Waals surface area contributed by atoms with E-state index in [2.05, 4.69) is 73.8 Å². The van der Waals surface area contributed by atoms with Crippen molar-refractivity contribution in [2.75, 3.05) is 0 Å². The molecule has 2 aromatic carbocycles. The van der Waals surface area contributed by atoms with Crippen molar-refractivity contribution in [2.24, 2.45) is 0 Å². The highest BCUT2D eigenvalue weighted by Crippen LogP contribution is 2.43. The minimum Gasteiger partial charge on any atom is -0.368 e. The molecule has 0 N–H and O–H groups in total. The fourth-order valence-corrected chi connectivity index (χ4v) is 5.41. The zero-order chi connectivity index (χ0) is 12.6. The van der Waals surface area contributed by atoms with Crippen molar-refractivity contribution >= 4 is 13.3 Å². The van der Waals surface area contributed by atoms with E-state index in [1.165, 1.54) is 10.8 Å². The third-order valence-electron chi connectivity index (χ3n) is 3.85. The molecule has 1 aliphatic heterocycles. The molecule has 1 saturated heterocycles. The van der Waals surface area contributed by atoms with Gasteiger partial charge in [-0.25, -0.2) is 0 Å². The molecule has 1 aliphatic rings. The van der Waals surface area contributed by atoms with E-state index in [-0.39, 0.29) is 0 Å². The molecule has 0 aliphatic carbocycles. The highest BCUT2D eigenvalue weighted by molar-refractivity contribution is 6.91. The predicted octanol–water partition coefficient (Wildman–Crippen LogP) is 3.28. The highest BCUT2D eigenvalue weighted by Gasteiger charge is 2.52. The van der Waals surface area contributed by atoms with E-state index in [0.29, 0.717) is 11.8 Å². The van der Waals surface area contributed by atoms with Gasteiger partial charge in [-0.3, -0.25) is 0 Å². The maximum atomic E-state index is 5.98. The number of benzene rings is 2. The lowest BCUT2D eigenvalue weighted by atomic mass is 10.2. The van der Waals surface area contributed by atoms with E-state index in [9.17, 15) is 0 Å². The van der Waals surface area contributed by atoms with Crippen molar-refractivity contribution in [3.63, 3.8) is 0 Å². The first kappa shape index (κ1) is 11.7. The molecular weight excluding hydrogens is 236 g/mol. The molecule has 0 bridgehead atoms. The van der Waals surface area contributed by atoms with Crippen LogP contribution in [0.1, 0.15) is 11.7 Å². The predicted molar refractivity (Wildman–Crippen MR) is 77.6 cm³/mol. The van der Waals surface area contributed by atoms with Crippen LogP contribution < -0.4 is 5.19 Å². The Balaban J connectivity index is 1.82. The van der Waals surface area contributed by atoms with Crippen molar-refractivity contribution in [3.8, 4) is 0 Å². The third kappa shape index (κ3) is 2.02. The lowest BCUT2D eigenvalue weighted by Crippen LogP contribution is -2.47. The summed E-state index contributed by atoms with van der Waals surface area (Å²) in [5.41, 5.74) is 1.74. The van der Waals surface area contributed by atoms with E-state index in [0.717, 1.165) is 0 Å². The molecule has 18 heavy (non-hydrogen) atoms. The van der Waals surface area contributed by atoms with Gasteiger partial charge in [-0.1, -0.05) is 78.9 Å². The topological polar surface area (TPSA) is 12.5 Å². The van der Waals surface area contributed by atoms with Gasteiger partial charge in [-0.05, 0) is 5.56 Å². The molecule has 3 rings (SSSR count). The zero-order valence-electron chi connectivity index (χ0n) is 10.8. The maximum absolute atomic E-state index is 5.98. The quantitative estimate of drug-likeness (QED) is 0.605. The van der Waals surface area contributed by atoms with Crippen LogP contribution in [0.4, 0.5) is 0 Å². The molecule has 0 saturated carbocycles. The largest absolute Gasteiger partial charge is 0.368 e. The molecule has 1 heterocycles. The van der Waals surface area contributed by atoms with Crippen molar-refractivity contribution < 1.29 is 4.74 Å². The van der Waals surface area contributed by atoms with Gasteiger partial charge in [0.05, 0.1) is 5.73 Å². The van der Waals surface area contributed by atoms with Crippen molar-refractivity contribution in [2.45, 2.75) is 24.9 Å². The lowest BCUT2D eigenvalue weighted by molar-refractivity contribution is 0.401. The second-order valence-corrected chi connectivity index (χ2v) is 10.1. The number of epoxide rings is 1. The molecule has 1 fully saturated rings. The lowest BCUT2D eigenvalue weighted by Gasteiger charge is -2.20. The Morgan fingerprint density at radius 2 is 1.39 bits per heavy atom. The number of ether oxygens (including phenoxy) is 1. The Morgan fingerprint density at radius 3 is 2.00 bits per heavy atom. The van der Waals surface area contributed by atoms with Gasteiger partial charge in [0.25, 0.3) is 0 Å². The van der Waals surface area contributed by atoms with Crippen molar-refractivity contribution in [1.82, 2.24) is 0 Å². The molecule has 0 radical (unpaired) electrons. The van der Waals surface area contributed by atoms with Crippen LogP contribution in [0.15, 0.2) is 60.7 Å². The monoisotopic (exact) mass is 254 g/mol. The normalized spacial score (nSPS) is 22.8. The molecule has 0 amide bonds. The number of hydrogen-bond donors (Lipinski definition) is 0. The minimum atomic E-state index is -1.51. The fraction of sp³-hybridized carbons (Fsp3) is 0.250. The zero-order valence-corrected chi connectivity index (χ0v) is 11.8. The Kier molecular flexibility index (Phi) is 2.84. The summed E-state index contributed by atoms with van der Waals surface area (Å²) in [4.78, 5) is 0. The van der Waals surface area contributed by atoms with Crippen molar-refractivity contribution in [3.05, 3.63) is 66.2 Å². The molecule has 92 valence electrons. The van der Waals surface area contributed by atoms with Gasteiger partial charge in [-0.2, -0.15) is 0 Å². The molecule has 2 heteroatoms.